The maximum Gasteiger partial charge on any atom is 0.125 e. The van der Waals surface area contributed by atoms with E-state index in [9.17, 15) is 0 Å². The number of nitrogens with one attached hydrogen (secondary N) is 1. The van der Waals surface area contributed by atoms with Crippen molar-refractivity contribution in [2.45, 2.75) is 11.1 Å². The number of allylic oxidation sites excluding steroid dienone is 2. The summed E-state index contributed by atoms with van der Waals surface area (Å²) in [5.74, 6) is 0.548. The van der Waals surface area contributed by atoms with Crippen LogP contribution in [0.5, 0.6) is 0 Å². The molecule has 3 aromatic rings. The molecule has 0 bridgehead atoms. The molecule has 1 unspecified atom stereocenters. The fourth-order valence-electron chi connectivity index (χ4n) is 4.13. The first kappa shape index (κ1) is 17.1. The molecule has 27 heavy (non-hydrogen) atoms. The van der Waals surface area contributed by atoms with Gasteiger partial charge in [0.25, 0.3) is 0 Å². The molecule has 1 heterocycles. The Morgan fingerprint density at radius 1 is 0.667 bits per heavy atom. The van der Waals surface area contributed by atoms with E-state index in [1.54, 1.807) is 0 Å². The molecule has 1 atom stereocenters. The molecule has 0 spiro atoms. The third kappa shape index (κ3) is 2.73. The smallest absolute Gasteiger partial charge is 0.125 e. The minimum Gasteiger partial charge on any atom is -0.385 e. The fraction of sp³-hybridized carbons (Fsp3) is 0.0833. The Labute approximate surface area is 160 Å². The van der Waals surface area contributed by atoms with E-state index >= 15 is 0 Å². The minimum atomic E-state index is -0.949. The summed E-state index contributed by atoms with van der Waals surface area (Å²) >= 11 is 0. The van der Waals surface area contributed by atoms with Crippen LogP contribution in [0.3, 0.4) is 0 Å². The van der Waals surface area contributed by atoms with Gasteiger partial charge < -0.3 is 16.8 Å². The number of dihydropyridines is 1. The molecule has 0 aliphatic carbocycles. The van der Waals surface area contributed by atoms with E-state index in [1.807, 2.05) is 72.8 Å². The zero-order valence-corrected chi connectivity index (χ0v) is 15.0. The standard InChI is InChI=1S/C24H23N3/c25-22-17-10-18-23(26,27-22)24(19-11-4-1-5-12-19,20-13-6-2-7-14-20)21-15-8-3-9-16-21/h1-18,27H,25-26H2. The lowest BCUT2D eigenvalue weighted by Crippen LogP contribution is -2.67. The number of nitrogens with two attached hydrogens (primary N) is 2. The van der Waals surface area contributed by atoms with E-state index in [-0.39, 0.29) is 0 Å². The van der Waals surface area contributed by atoms with Crippen LogP contribution in [-0.4, -0.2) is 5.66 Å². The zero-order valence-electron chi connectivity index (χ0n) is 15.0. The molecule has 0 saturated carbocycles. The van der Waals surface area contributed by atoms with Crippen molar-refractivity contribution >= 4 is 0 Å². The summed E-state index contributed by atoms with van der Waals surface area (Å²) in [5.41, 5.74) is 14.9. The highest BCUT2D eigenvalue weighted by Gasteiger charge is 2.52. The van der Waals surface area contributed by atoms with E-state index < -0.39 is 11.1 Å². The Hall–Kier alpha value is -3.30. The van der Waals surface area contributed by atoms with Gasteiger partial charge in [-0.05, 0) is 28.8 Å². The molecule has 1 aliphatic rings. The maximum atomic E-state index is 7.11. The lowest BCUT2D eigenvalue weighted by atomic mass is 9.61. The first-order valence-electron chi connectivity index (χ1n) is 9.05. The Balaban J connectivity index is 2.11. The van der Waals surface area contributed by atoms with Gasteiger partial charge in [0, 0.05) is 0 Å². The number of hydrogen-bond donors (Lipinski definition) is 3. The van der Waals surface area contributed by atoms with Gasteiger partial charge in [0.1, 0.15) is 5.66 Å². The van der Waals surface area contributed by atoms with Crippen molar-refractivity contribution < 1.29 is 0 Å². The van der Waals surface area contributed by atoms with Crippen LogP contribution >= 0.6 is 0 Å². The summed E-state index contributed by atoms with van der Waals surface area (Å²) in [7, 11) is 0. The van der Waals surface area contributed by atoms with Crippen molar-refractivity contribution in [3.05, 3.63) is 132 Å². The fourth-order valence-corrected chi connectivity index (χ4v) is 4.13. The summed E-state index contributed by atoms with van der Waals surface area (Å²) in [4.78, 5) is 0. The Morgan fingerprint density at radius 2 is 1.07 bits per heavy atom. The largest absolute Gasteiger partial charge is 0.385 e. The lowest BCUT2D eigenvalue weighted by Gasteiger charge is -2.50. The molecule has 5 N–H and O–H groups in total. The average molecular weight is 353 g/mol. The predicted molar refractivity (Wildman–Crippen MR) is 111 cm³/mol. The number of rotatable bonds is 4. The van der Waals surface area contributed by atoms with Gasteiger partial charge in [0.2, 0.25) is 0 Å². The van der Waals surface area contributed by atoms with Crippen LogP contribution in [0.2, 0.25) is 0 Å². The number of hydrogen-bond acceptors (Lipinski definition) is 3. The molecule has 3 heteroatoms. The maximum absolute atomic E-state index is 7.11. The summed E-state index contributed by atoms with van der Waals surface area (Å²) in [6, 6.07) is 31.1. The quantitative estimate of drug-likeness (QED) is 0.628. The SMILES string of the molecule is NC1=CC=CC(N)(C(c2ccccc2)(c2ccccc2)c2ccccc2)N1. The van der Waals surface area contributed by atoms with Crippen molar-refractivity contribution in [2.75, 3.05) is 0 Å². The van der Waals surface area contributed by atoms with E-state index in [1.165, 1.54) is 0 Å². The highest BCUT2D eigenvalue weighted by Crippen LogP contribution is 2.46. The molecule has 134 valence electrons. The predicted octanol–water partition coefficient (Wildman–Crippen LogP) is 3.64. The van der Waals surface area contributed by atoms with Crippen LogP contribution in [0, 0.1) is 0 Å². The Kier molecular flexibility index (Phi) is 4.30. The third-order valence-electron chi connectivity index (χ3n) is 5.23. The van der Waals surface area contributed by atoms with Gasteiger partial charge in [-0.1, -0.05) is 97.1 Å². The van der Waals surface area contributed by atoms with Gasteiger partial charge in [0.05, 0.1) is 11.2 Å². The van der Waals surface area contributed by atoms with Gasteiger partial charge in [0.15, 0.2) is 0 Å². The van der Waals surface area contributed by atoms with Gasteiger partial charge in [-0.25, -0.2) is 0 Å². The van der Waals surface area contributed by atoms with Crippen molar-refractivity contribution in [1.29, 1.82) is 0 Å². The Bertz CT molecular complexity index is 866. The monoisotopic (exact) mass is 353 g/mol. The molecule has 3 nitrogen and oxygen atoms in total. The summed E-state index contributed by atoms with van der Waals surface area (Å²) < 4.78 is 0. The summed E-state index contributed by atoms with van der Waals surface area (Å²) in [5, 5.41) is 3.36. The lowest BCUT2D eigenvalue weighted by molar-refractivity contribution is 0.320. The van der Waals surface area contributed by atoms with Crippen LogP contribution in [0.1, 0.15) is 16.7 Å². The minimum absolute atomic E-state index is 0.548. The van der Waals surface area contributed by atoms with Crippen molar-refractivity contribution in [3.8, 4) is 0 Å². The van der Waals surface area contributed by atoms with Crippen LogP contribution in [0.25, 0.3) is 0 Å². The molecule has 3 aromatic carbocycles. The normalized spacial score (nSPS) is 19.2. The van der Waals surface area contributed by atoms with E-state index in [0.29, 0.717) is 5.82 Å². The van der Waals surface area contributed by atoms with Crippen LogP contribution in [0.4, 0.5) is 0 Å². The number of benzene rings is 3. The second kappa shape index (κ2) is 6.78. The molecular weight excluding hydrogens is 330 g/mol. The van der Waals surface area contributed by atoms with Crippen LogP contribution in [0.15, 0.2) is 115 Å². The summed E-state index contributed by atoms with van der Waals surface area (Å²) in [6.45, 7) is 0. The molecule has 0 aromatic heterocycles. The van der Waals surface area contributed by atoms with E-state index in [0.717, 1.165) is 16.7 Å². The highest BCUT2D eigenvalue weighted by atomic mass is 15.2. The molecule has 0 fully saturated rings. The second-order valence-corrected chi connectivity index (χ2v) is 6.82. The van der Waals surface area contributed by atoms with Crippen molar-refractivity contribution in [3.63, 3.8) is 0 Å². The molecule has 1 aliphatic heterocycles. The van der Waals surface area contributed by atoms with Gasteiger partial charge in [-0.2, -0.15) is 0 Å². The van der Waals surface area contributed by atoms with E-state index in [4.69, 9.17) is 11.5 Å². The van der Waals surface area contributed by atoms with Crippen molar-refractivity contribution in [2.24, 2.45) is 11.5 Å². The van der Waals surface area contributed by atoms with Gasteiger partial charge in [-0.3, -0.25) is 0 Å². The van der Waals surface area contributed by atoms with Gasteiger partial charge in [-0.15, -0.1) is 0 Å². The first-order chi connectivity index (χ1) is 13.2. The van der Waals surface area contributed by atoms with Crippen LogP contribution < -0.4 is 16.8 Å². The third-order valence-corrected chi connectivity index (χ3v) is 5.23. The zero-order chi connectivity index (χ0) is 18.7. The summed E-state index contributed by atoms with van der Waals surface area (Å²) in [6.07, 6.45) is 5.75. The molecular formula is C24H23N3. The molecule has 0 radical (unpaired) electrons. The molecule has 4 rings (SSSR count). The molecule has 0 saturated heterocycles. The topological polar surface area (TPSA) is 64.1 Å². The van der Waals surface area contributed by atoms with Crippen molar-refractivity contribution in [1.82, 2.24) is 5.32 Å². The highest BCUT2D eigenvalue weighted by molar-refractivity contribution is 5.57. The molecule has 0 amide bonds. The van der Waals surface area contributed by atoms with E-state index in [2.05, 4.69) is 41.7 Å². The Morgan fingerprint density at radius 3 is 1.44 bits per heavy atom. The van der Waals surface area contributed by atoms with Gasteiger partial charge >= 0.3 is 0 Å². The second-order valence-electron chi connectivity index (χ2n) is 6.82. The first-order valence-corrected chi connectivity index (χ1v) is 9.05. The van der Waals surface area contributed by atoms with Crippen LogP contribution in [-0.2, 0) is 5.41 Å². The average Bonchev–Trinajstić information content (AvgIpc) is 2.71.